The monoisotopic (exact) mass is 438 g/mol. The van der Waals surface area contributed by atoms with Crippen LogP contribution in [0.3, 0.4) is 0 Å². The van der Waals surface area contributed by atoms with Gasteiger partial charge in [-0.1, -0.05) is 6.07 Å². The van der Waals surface area contributed by atoms with Crippen LogP contribution in [0, 0.1) is 13.8 Å². The maximum absolute atomic E-state index is 12.7. The number of rotatable bonds is 7. The Labute approximate surface area is 175 Å². The number of anilines is 1. The normalized spacial score (nSPS) is 15.6. The summed E-state index contributed by atoms with van der Waals surface area (Å²) in [6, 6.07) is 4.95. The van der Waals surface area contributed by atoms with E-state index in [-0.39, 0.29) is 11.4 Å². The summed E-state index contributed by atoms with van der Waals surface area (Å²) in [5.41, 5.74) is 2.78. The number of likely N-dealkylation sites (N-methyl/N-ethyl adjacent to an activating group) is 1. The molecule has 0 unspecified atom stereocenters. The largest absolute Gasteiger partial charge is 0.379 e. The minimum absolute atomic E-state index is 0.179. The van der Waals surface area contributed by atoms with Gasteiger partial charge in [-0.2, -0.15) is 4.31 Å². The molecule has 1 aliphatic rings. The molecule has 0 radical (unpaired) electrons. The average molecular weight is 439 g/mol. The molecule has 1 N–H and O–H groups in total. The molecule has 1 aromatic heterocycles. The van der Waals surface area contributed by atoms with Crippen molar-refractivity contribution in [3.8, 4) is 0 Å². The van der Waals surface area contributed by atoms with Gasteiger partial charge in [-0.05, 0) is 37.1 Å². The number of morpholine rings is 1. The highest BCUT2D eigenvalue weighted by Crippen LogP contribution is 2.20. The van der Waals surface area contributed by atoms with Crippen LogP contribution in [0.1, 0.15) is 16.8 Å². The van der Waals surface area contributed by atoms with E-state index in [1.165, 1.54) is 18.4 Å². The standard InChI is InChI=1S/C19H26N4O4S2/c1-14-4-5-17(10-15(14)2)29(25,26)22(3)12-18(24)21-19-20-16(13-28-19)11-23-6-8-27-9-7-23/h4-5,10,13H,6-9,11-12H2,1-3H3,(H,20,21,24). The molecule has 0 aliphatic carbocycles. The highest BCUT2D eigenvalue weighted by atomic mass is 32.2. The van der Waals surface area contributed by atoms with Gasteiger partial charge in [-0.15, -0.1) is 11.3 Å². The third kappa shape index (κ3) is 5.61. The minimum Gasteiger partial charge on any atom is -0.379 e. The molecule has 2 heterocycles. The lowest BCUT2D eigenvalue weighted by Gasteiger charge is -2.25. The molecule has 0 atom stereocenters. The lowest BCUT2D eigenvalue weighted by atomic mass is 10.1. The summed E-state index contributed by atoms with van der Waals surface area (Å²) < 4.78 is 31.8. The average Bonchev–Trinajstić information content (AvgIpc) is 3.11. The van der Waals surface area contributed by atoms with E-state index in [9.17, 15) is 13.2 Å². The summed E-state index contributed by atoms with van der Waals surface area (Å²) in [5, 5.41) is 5.06. The van der Waals surface area contributed by atoms with Gasteiger partial charge in [0.15, 0.2) is 5.13 Å². The van der Waals surface area contributed by atoms with Gasteiger partial charge in [0.1, 0.15) is 0 Å². The third-order valence-electron chi connectivity index (χ3n) is 4.84. The van der Waals surface area contributed by atoms with Crippen LogP contribution in [0.4, 0.5) is 5.13 Å². The smallest absolute Gasteiger partial charge is 0.243 e. The molecule has 8 nitrogen and oxygen atoms in total. The maximum Gasteiger partial charge on any atom is 0.243 e. The Hall–Kier alpha value is -1.85. The molecular weight excluding hydrogens is 412 g/mol. The summed E-state index contributed by atoms with van der Waals surface area (Å²) >= 11 is 1.33. The van der Waals surface area contributed by atoms with E-state index in [2.05, 4.69) is 15.2 Å². The first-order valence-electron chi connectivity index (χ1n) is 9.33. The number of hydrogen-bond acceptors (Lipinski definition) is 7. The maximum atomic E-state index is 12.7. The fraction of sp³-hybridized carbons (Fsp3) is 0.474. The molecule has 0 spiro atoms. The van der Waals surface area contributed by atoms with Crippen molar-refractivity contribution in [3.63, 3.8) is 0 Å². The first-order chi connectivity index (χ1) is 13.8. The summed E-state index contributed by atoms with van der Waals surface area (Å²) in [6.07, 6.45) is 0. The first-order valence-corrected chi connectivity index (χ1v) is 11.7. The number of aryl methyl sites for hydroxylation is 2. The second-order valence-corrected chi connectivity index (χ2v) is 9.99. The van der Waals surface area contributed by atoms with Gasteiger partial charge in [-0.25, -0.2) is 13.4 Å². The molecule has 1 aromatic carbocycles. The predicted molar refractivity (Wildman–Crippen MR) is 113 cm³/mol. The second kappa shape index (κ2) is 9.31. The predicted octanol–water partition coefficient (Wildman–Crippen LogP) is 1.85. The zero-order valence-corrected chi connectivity index (χ0v) is 18.5. The Morgan fingerprint density at radius 2 is 2.00 bits per heavy atom. The molecule has 3 rings (SSSR count). The quantitative estimate of drug-likeness (QED) is 0.709. The molecule has 0 bridgehead atoms. The van der Waals surface area contributed by atoms with E-state index < -0.39 is 15.9 Å². The van der Waals surface area contributed by atoms with Crippen molar-refractivity contribution in [2.24, 2.45) is 0 Å². The number of sulfonamides is 1. The number of hydrogen-bond donors (Lipinski definition) is 1. The van der Waals surface area contributed by atoms with Gasteiger partial charge < -0.3 is 10.1 Å². The zero-order chi connectivity index (χ0) is 21.0. The van der Waals surface area contributed by atoms with E-state index in [0.29, 0.717) is 11.7 Å². The lowest BCUT2D eigenvalue weighted by molar-refractivity contribution is -0.116. The number of amides is 1. The molecule has 1 saturated heterocycles. The van der Waals surface area contributed by atoms with Crippen molar-refractivity contribution >= 4 is 32.4 Å². The number of benzene rings is 1. The number of nitrogens with one attached hydrogen (secondary N) is 1. The fourth-order valence-corrected chi connectivity index (χ4v) is 4.86. The highest BCUT2D eigenvalue weighted by Gasteiger charge is 2.24. The van der Waals surface area contributed by atoms with Crippen molar-refractivity contribution in [2.45, 2.75) is 25.3 Å². The fourth-order valence-electron chi connectivity index (χ4n) is 2.93. The Kier molecular flexibility index (Phi) is 7.01. The number of carbonyl (C=O) groups excluding carboxylic acids is 1. The van der Waals surface area contributed by atoms with Gasteiger partial charge in [0.2, 0.25) is 15.9 Å². The molecule has 1 fully saturated rings. The van der Waals surface area contributed by atoms with Gasteiger partial charge in [-0.3, -0.25) is 9.69 Å². The number of nitrogens with zero attached hydrogens (tertiary/aromatic N) is 3. The first kappa shape index (κ1) is 21.8. The molecular formula is C19H26N4O4S2. The third-order valence-corrected chi connectivity index (χ3v) is 7.45. The van der Waals surface area contributed by atoms with Crippen molar-refractivity contribution in [1.29, 1.82) is 0 Å². The Morgan fingerprint density at radius 1 is 1.28 bits per heavy atom. The molecule has 2 aromatic rings. The van der Waals surface area contributed by atoms with E-state index >= 15 is 0 Å². The summed E-state index contributed by atoms with van der Waals surface area (Å²) in [7, 11) is -2.34. The van der Waals surface area contributed by atoms with Crippen LogP contribution in [0.15, 0.2) is 28.5 Å². The van der Waals surface area contributed by atoms with Gasteiger partial charge in [0.25, 0.3) is 0 Å². The Balaban J connectivity index is 1.57. The molecule has 10 heteroatoms. The van der Waals surface area contributed by atoms with Gasteiger partial charge in [0, 0.05) is 32.1 Å². The SMILES string of the molecule is Cc1ccc(S(=O)(=O)N(C)CC(=O)Nc2nc(CN3CCOCC3)cs2)cc1C. The Morgan fingerprint density at radius 3 is 2.69 bits per heavy atom. The van der Waals surface area contributed by atoms with Crippen molar-refractivity contribution in [3.05, 3.63) is 40.4 Å². The van der Waals surface area contributed by atoms with Crippen LogP contribution in [0.2, 0.25) is 0 Å². The van der Waals surface area contributed by atoms with Gasteiger partial charge >= 0.3 is 0 Å². The molecule has 1 aliphatic heterocycles. The summed E-state index contributed by atoms with van der Waals surface area (Å²) in [4.78, 5) is 19.2. The Bertz CT molecular complexity index is 968. The second-order valence-electron chi connectivity index (χ2n) is 7.09. The summed E-state index contributed by atoms with van der Waals surface area (Å²) in [6.45, 7) is 7.36. The van der Waals surface area contributed by atoms with Crippen molar-refractivity contribution in [2.75, 3.05) is 45.2 Å². The van der Waals surface area contributed by atoms with Crippen molar-refractivity contribution < 1.29 is 17.9 Å². The van der Waals surface area contributed by atoms with Crippen molar-refractivity contribution in [1.82, 2.24) is 14.2 Å². The van der Waals surface area contributed by atoms with Gasteiger partial charge in [0.05, 0.1) is 30.3 Å². The highest BCUT2D eigenvalue weighted by molar-refractivity contribution is 7.89. The molecule has 158 valence electrons. The van der Waals surface area contributed by atoms with E-state index in [0.717, 1.165) is 47.4 Å². The molecule has 0 saturated carbocycles. The molecule has 29 heavy (non-hydrogen) atoms. The van der Waals surface area contributed by atoms with Crippen LogP contribution < -0.4 is 5.32 Å². The topological polar surface area (TPSA) is 91.8 Å². The van der Waals surface area contributed by atoms with E-state index in [1.807, 2.05) is 19.2 Å². The van der Waals surface area contributed by atoms with E-state index in [4.69, 9.17) is 4.74 Å². The van der Waals surface area contributed by atoms with Crippen LogP contribution in [-0.2, 0) is 26.1 Å². The lowest BCUT2D eigenvalue weighted by Crippen LogP contribution is -2.35. The van der Waals surface area contributed by atoms with Crippen LogP contribution in [0.25, 0.3) is 0 Å². The minimum atomic E-state index is -3.74. The number of ether oxygens (including phenoxy) is 1. The summed E-state index contributed by atoms with van der Waals surface area (Å²) in [5.74, 6) is -0.424. The number of aromatic nitrogens is 1. The molecule has 1 amide bonds. The number of thiazole rings is 1. The van der Waals surface area contributed by atoms with Crippen LogP contribution in [0.5, 0.6) is 0 Å². The van der Waals surface area contributed by atoms with Crippen LogP contribution >= 0.6 is 11.3 Å². The van der Waals surface area contributed by atoms with E-state index in [1.54, 1.807) is 18.2 Å². The van der Waals surface area contributed by atoms with Crippen LogP contribution in [-0.4, -0.2) is 68.4 Å². The zero-order valence-electron chi connectivity index (χ0n) is 16.8. The number of carbonyl (C=O) groups is 1.